The van der Waals surface area contributed by atoms with Crippen LogP contribution in [0.2, 0.25) is 0 Å². The summed E-state index contributed by atoms with van der Waals surface area (Å²) in [6.45, 7) is 3.86. The summed E-state index contributed by atoms with van der Waals surface area (Å²) in [5, 5.41) is 0. The number of ether oxygens (including phenoxy) is 1. The minimum atomic E-state index is -3.47. The van der Waals surface area contributed by atoms with Gasteiger partial charge in [-0.15, -0.1) is 0 Å². The van der Waals surface area contributed by atoms with Gasteiger partial charge >= 0.3 is 5.97 Å². The second-order valence-corrected chi connectivity index (χ2v) is 8.10. The molecule has 0 aliphatic carbocycles. The van der Waals surface area contributed by atoms with Crippen LogP contribution >= 0.6 is 0 Å². The third-order valence-corrected chi connectivity index (χ3v) is 6.66. The molecule has 1 saturated heterocycles. The normalized spacial score (nSPS) is 15.7. The van der Waals surface area contributed by atoms with Crippen molar-refractivity contribution in [2.45, 2.75) is 11.8 Å². The lowest BCUT2D eigenvalue weighted by atomic mass is 10.2. The van der Waals surface area contributed by atoms with Crippen molar-refractivity contribution in [3.63, 3.8) is 0 Å². The van der Waals surface area contributed by atoms with Crippen molar-refractivity contribution in [2.75, 3.05) is 38.2 Å². The monoisotopic (exact) mass is 374 g/mol. The molecule has 2 aromatic rings. The number of nitrogens with zero attached hydrogens (tertiary/aromatic N) is 2. The number of esters is 1. The Morgan fingerprint density at radius 3 is 2.15 bits per heavy atom. The fourth-order valence-corrected chi connectivity index (χ4v) is 4.75. The predicted octanol–water partition coefficient (Wildman–Crippen LogP) is 2.29. The maximum Gasteiger partial charge on any atom is 0.337 e. The van der Waals surface area contributed by atoms with E-state index in [1.54, 1.807) is 24.3 Å². The van der Waals surface area contributed by atoms with Gasteiger partial charge in [-0.05, 0) is 42.8 Å². The number of aryl methyl sites for hydroxylation is 1. The molecule has 7 heteroatoms. The van der Waals surface area contributed by atoms with E-state index in [1.807, 2.05) is 31.2 Å². The number of carbonyl (C=O) groups excluding carboxylic acids is 1. The summed E-state index contributed by atoms with van der Waals surface area (Å²) in [6.07, 6.45) is 0. The Balaban J connectivity index is 1.69. The Kier molecular flexibility index (Phi) is 5.29. The molecule has 6 nitrogen and oxygen atoms in total. The standard InChI is InChI=1S/C19H22N2O4S/c1-15-5-3-4-6-18(15)26(23,24)21-13-11-20(12-14-21)17-9-7-16(8-10-17)19(22)25-2/h3-10H,11-14H2,1-2H3. The molecule has 3 rings (SSSR count). The van der Waals surface area contributed by atoms with E-state index in [2.05, 4.69) is 4.90 Å². The number of methoxy groups -OCH3 is 1. The number of benzene rings is 2. The lowest BCUT2D eigenvalue weighted by Gasteiger charge is -2.35. The quantitative estimate of drug-likeness (QED) is 0.768. The van der Waals surface area contributed by atoms with Crippen LogP contribution in [0.15, 0.2) is 53.4 Å². The molecule has 0 bridgehead atoms. The molecule has 0 amide bonds. The average Bonchev–Trinajstić information content (AvgIpc) is 2.68. The van der Waals surface area contributed by atoms with Crippen molar-refractivity contribution in [2.24, 2.45) is 0 Å². The highest BCUT2D eigenvalue weighted by molar-refractivity contribution is 7.89. The summed E-state index contributed by atoms with van der Waals surface area (Å²) in [7, 11) is -2.12. The molecule has 1 heterocycles. The molecule has 26 heavy (non-hydrogen) atoms. The van der Waals surface area contributed by atoms with Crippen molar-refractivity contribution in [1.82, 2.24) is 4.31 Å². The van der Waals surface area contributed by atoms with E-state index in [0.717, 1.165) is 11.3 Å². The zero-order valence-electron chi connectivity index (χ0n) is 14.9. The van der Waals surface area contributed by atoms with Gasteiger partial charge in [0.15, 0.2) is 0 Å². The van der Waals surface area contributed by atoms with E-state index in [9.17, 15) is 13.2 Å². The van der Waals surface area contributed by atoms with Gasteiger partial charge in [0.25, 0.3) is 0 Å². The molecule has 2 aromatic carbocycles. The second-order valence-electron chi connectivity index (χ2n) is 6.20. The van der Waals surface area contributed by atoms with Crippen LogP contribution in [0.3, 0.4) is 0 Å². The van der Waals surface area contributed by atoms with Crippen molar-refractivity contribution in [3.05, 3.63) is 59.7 Å². The number of piperazine rings is 1. The number of rotatable bonds is 4. The molecule has 1 aliphatic rings. The maximum absolute atomic E-state index is 12.9. The smallest absolute Gasteiger partial charge is 0.337 e. The first-order valence-electron chi connectivity index (χ1n) is 8.42. The number of sulfonamides is 1. The number of anilines is 1. The van der Waals surface area contributed by atoms with Crippen molar-refractivity contribution < 1.29 is 17.9 Å². The molecule has 0 unspecified atom stereocenters. The molecule has 0 radical (unpaired) electrons. The molecular formula is C19H22N2O4S. The van der Waals surface area contributed by atoms with Crippen LogP contribution in [0.4, 0.5) is 5.69 Å². The van der Waals surface area contributed by atoms with Gasteiger partial charge < -0.3 is 9.64 Å². The molecular weight excluding hydrogens is 352 g/mol. The molecule has 1 aliphatic heterocycles. The van der Waals surface area contributed by atoms with Crippen LogP contribution in [-0.4, -0.2) is 52.0 Å². The highest BCUT2D eigenvalue weighted by Crippen LogP contribution is 2.23. The first-order valence-corrected chi connectivity index (χ1v) is 9.86. The first-order chi connectivity index (χ1) is 12.4. The van der Waals surface area contributed by atoms with E-state index in [0.29, 0.717) is 36.6 Å². The van der Waals surface area contributed by atoms with Crippen LogP contribution in [0.25, 0.3) is 0 Å². The second kappa shape index (κ2) is 7.47. The molecule has 0 spiro atoms. The summed E-state index contributed by atoms with van der Waals surface area (Å²) in [4.78, 5) is 14.0. The van der Waals surface area contributed by atoms with E-state index < -0.39 is 10.0 Å². The van der Waals surface area contributed by atoms with Gasteiger partial charge in [-0.2, -0.15) is 4.31 Å². The number of hydrogen-bond donors (Lipinski definition) is 0. The highest BCUT2D eigenvalue weighted by Gasteiger charge is 2.29. The fraction of sp³-hybridized carbons (Fsp3) is 0.316. The fourth-order valence-electron chi connectivity index (χ4n) is 3.10. The minimum Gasteiger partial charge on any atom is -0.465 e. The number of carbonyl (C=O) groups is 1. The lowest BCUT2D eigenvalue weighted by molar-refractivity contribution is 0.0600. The van der Waals surface area contributed by atoms with Crippen molar-refractivity contribution in [1.29, 1.82) is 0 Å². The largest absolute Gasteiger partial charge is 0.465 e. The predicted molar refractivity (Wildman–Crippen MR) is 99.9 cm³/mol. The zero-order valence-corrected chi connectivity index (χ0v) is 15.7. The summed E-state index contributed by atoms with van der Waals surface area (Å²) >= 11 is 0. The third-order valence-electron chi connectivity index (χ3n) is 4.60. The summed E-state index contributed by atoms with van der Waals surface area (Å²) < 4.78 is 32.0. The van der Waals surface area contributed by atoms with Crippen LogP contribution in [0, 0.1) is 6.92 Å². The Bertz CT molecular complexity index is 886. The van der Waals surface area contributed by atoms with Gasteiger partial charge in [0.05, 0.1) is 17.6 Å². The topological polar surface area (TPSA) is 66.9 Å². The van der Waals surface area contributed by atoms with E-state index in [4.69, 9.17) is 4.74 Å². The van der Waals surface area contributed by atoms with E-state index in [1.165, 1.54) is 11.4 Å². The van der Waals surface area contributed by atoms with Crippen LogP contribution in [0.5, 0.6) is 0 Å². The van der Waals surface area contributed by atoms with Crippen molar-refractivity contribution >= 4 is 21.7 Å². The average molecular weight is 374 g/mol. The Morgan fingerprint density at radius 1 is 0.962 bits per heavy atom. The highest BCUT2D eigenvalue weighted by atomic mass is 32.2. The number of hydrogen-bond acceptors (Lipinski definition) is 5. The van der Waals surface area contributed by atoms with Gasteiger partial charge in [-0.1, -0.05) is 18.2 Å². The van der Waals surface area contributed by atoms with Gasteiger partial charge in [0.1, 0.15) is 0 Å². The third kappa shape index (κ3) is 3.59. The summed E-state index contributed by atoms with van der Waals surface area (Å²) in [5.74, 6) is -0.370. The SMILES string of the molecule is COC(=O)c1ccc(N2CCN(S(=O)(=O)c3ccccc3C)CC2)cc1. The van der Waals surface area contributed by atoms with Gasteiger partial charge in [-0.25, -0.2) is 13.2 Å². The minimum absolute atomic E-state index is 0.370. The van der Waals surface area contributed by atoms with E-state index in [-0.39, 0.29) is 5.97 Å². The van der Waals surface area contributed by atoms with Gasteiger partial charge in [0, 0.05) is 31.9 Å². The Labute approximate surface area is 154 Å². The van der Waals surface area contributed by atoms with Crippen LogP contribution in [0.1, 0.15) is 15.9 Å². The molecule has 0 atom stereocenters. The Hall–Kier alpha value is -2.38. The zero-order chi connectivity index (χ0) is 18.7. The maximum atomic E-state index is 12.9. The molecule has 138 valence electrons. The molecule has 0 aromatic heterocycles. The van der Waals surface area contributed by atoms with Crippen LogP contribution in [-0.2, 0) is 14.8 Å². The Morgan fingerprint density at radius 2 is 1.58 bits per heavy atom. The summed E-state index contributed by atoms with van der Waals surface area (Å²) in [6, 6.07) is 14.2. The van der Waals surface area contributed by atoms with E-state index >= 15 is 0 Å². The molecule has 0 saturated carbocycles. The summed E-state index contributed by atoms with van der Waals surface area (Å²) in [5.41, 5.74) is 2.22. The lowest BCUT2D eigenvalue weighted by Crippen LogP contribution is -2.48. The van der Waals surface area contributed by atoms with Crippen LogP contribution < -0.4 is 4.90 Å². The van der Waals surface area contributed by atoms with Gasteiger partial charge in [0.2, 0.25) is 10.0 Å². The van der Waals surface area contributed by atoms with Crippen molar-refractivity contribution in [3.8, 4) is 0 Å². The van der Waals surface area contributed by atoms with Gasteiger partial charge in [-0.3, -0.25) is 0 Å². The first kappa shape index (κ1) is 18.4. The molecule has 0 N–H and O–H groups in total. The molecule has 1 fully saturated rings.